The Labute approximate surface area is 147 Å². The predicted octanol–water partition coefficient (Wildman–Crippen LogP) is 4.43. The van der Waals surface area contributed by atoms with Crippen LogP contribution in [-0.4, -0.2) is 11.2 Å². The molecule has 0 amide bonds. The monoisotopic (exact) mass is 370 g/mol. The molecule has 1 aliphatic carbocycles. The first-order valence-corrected chi connectivity index (χ1v) is 8.46. The molecule has 0 aliphatic heterocycles. The van der Waals surface area contributed by atoms with Gasteiger partial charge in [-0.05, 0) is 37.2 Å². The molecule has 0 bridgehead atoms. The van der Waals surface area contributed by atoms with Crippen molar-refractivity contribution in [2.45, 2.75) is 44.3 Å². The van der Waals surface area contributed by atoms with Crippen molar-refractivity contribution in [2.24, 2.45) is 0 Å². The van der Waals surface area contributed by atoms with Gasteiger partial charge in [-0.3, -0.25) is 0 Å². The fourth-order valence-corrected chi connectivity index (χ4v) is 3.36. The fraction of sp³-hybridized carbons (Fsp3) is 0.412. The van der Waals surface area contributed by atoms with Crippen LogP contribution in [0.1, 0.15) is 37.7 Å². The van der Waals surface area contributed by atoms with E-state index in [2.05, 4.69) is 10.6 Å². The van der Waals surface area contributed by atoms with Crippen molar-refractivity contribution in [2.75, 3.05) is 5.32 Å². The van der Waals surface area contributed by atoms with Crippen LogP contribution in [0.3, 0.4) is 0 Å². The number of benzene rings is 1. The minimum Gasteiger partial charge on any atom is -0.423 e. The van der Waals surface area contributed by atoms with E-state index in [-0.39, 0.29) is 11.0 Å². The summed E-state index contributed by atoms with van der Waals surface area (Å²) in [6, 6.07) is 4.87. The summed E-state index contributed by atoms with van der Waals surface area (Å²) < 4.78 is 44.0. The van der Waals surface area contributed by atoms with Gasteiger partial charge in [0.1, 0.15) is 5.58 Å². The van der Waals surface area contributed by atoms with E-state index in [9.17, 15) is 18.0 Å². The molecule has 2 N–H and O–H groups in total. The zero-order valence-electron chi connectivity index (χ0n) is 13.3. The van der Waals surface area contributed by atoms with E-state index >= 15 is 0 Å². The van der Waals surface area contributed by atoms with Crippen molar-refractivity contribution in [1.82, 2.24) is 5.32 Å². The Balaban J connectivity index is 1.81. The fourth-order valence-electron chi connectivity index (χ4n) is 3.07. The predicted molar refractivity (Wildman–Crippen MR) is 93.7 cm³/mol. The molecule has 0 atom stereocenters. The number of hydrogen-bond donors (Lipinski definition) is 2. The average Bonchev–Trinajstić information content (AvgIpc) is 2.53. The van der Waals surface area contributed by atoms with Crippen molar-refractivity contribution in [1.29, 1.82) is 0 Å². The number of anilines is 1. The Kier molecular flexibility index (Phi) is 4.99. The Morgan fingerprint density at radius 3 is 2.56 bits per heavy atom. The molecule has 8 heteroatoms. The molecule has 0 radical (unpaired) electrons. The molecule has 2 aromatic rings. The van der Waals surface area contributed by atoms with E-state index in [0.29, 0.717) is 22.9 Å². The maximum absolute atomic E-state index is 13.0. The van der Waals surface area contributed by atoms with Crippen LogP contribution in [0, 0.1) is 0 Å². The van der Waals surface area contributed by atoms with Crippen LogP contribution >= 0.6 is 12.2 Å². The molecule has 1 aliphatic rings. The highest BCUT2D eigenvalue weighted by Gasteiger charge is 2.33. The first-order valence-electron chi connectivity index (χ1n) is 8.05. The van der Waals surface area contributed by atoms with Crippen LogP contribution in [0.5, 0.6) is 0 Å². The van der Waals surface area contributed by atoms with Gasteiger partial charge in [0, 0.05) is 29.2 Å². The molecule has 0 spiro atoms. The lowest BCUT2D eigenvalue weighted by Gasteiger charge is -2.24. The third-order valence-electron chi connectivity index (χ3n) is 4.25. The van der Waals surface area contributed by atoms with Gasteiger partial charge in [-0.1, -0.05) is 19.3 Å². The summed E-state index contributed by atoms with van der Waals surface area (Å²) in [7, 11) is 0. The highest BCUT2D eigenvalue weighted by atomic mass is 32.1. The van der Waals surface area contributed by atoms with Gasteiger partial charge in [-0.2, -0.15) is 13.2 Å². The molecule has 1 aromatic carbocycles. The number of hydrogen-bond acceptors (Lipinski definition) is 3. The van der Waals surface area contributed by atoms with E-state index in [1.165, 1.54) is 24.6 Å². The summed E-state index contributed by atoms with van der Waals surface area (Å²) in [6.45, 7) is 0. The highest BCUT2D eigenvalue weighted by molar-refractivity contribution is 7.80. The Hall–Kier alpha value is -2.09. The van der Waals surface area contributed by atoms with E-state index in [0.717, 1.165) is 25.7 Å². The van der Waals surface area contributed by atoms with Crippen LogP contribution in [0.4, 0.5) is 18.9 Å². The molecule has 1 heterocycles. The van der Waals surface area contributed by atoms with Gasteiger partial charge in [0.15, 0.2) is 5.11 Å². The Morgan fingerprint density at radius 1 is 1.16 bits per heavy atom. The number of rotatable bonds is 2. The maximum atomic E-state index is 13.0. The molecule has 1 aromatic heterocycles. The van der Waals surface area contributed by atoms with E-state index in [4.69, 9.17) is 16.6 Å². The van der Waals surface area contributed by atoms with E-state index in [1.807, 2.05) is 0 Å². The van der Waals surface area contributed by atoms with Gasteiger partial charge in [0.05, 0.1) is 5.56 Å². The Morgan fingerprint density at radius 2 is 1.88 bits per heavy atom. The number of thiocarbonyl (C=S) groups is 1. The normalized spacial score (nSPS) is 16.0. The number of halogens is 3. The quantitative estimate of drug-likeness (QED) is 0.605. The zero-order valence-corrected chi connectivity index (χ0v) is 14.1. The van der Waals surface area contributed by atoms with Crippen molar-refractivity contribution < 1.29 is 17.6 Å². The lowest BCUT2D eigenvalue weighted by Crippen LogP contribution is -2.38. The Bertz CT molecular complexity index is 842. The second-order valence-electron chi connectivity index (χ2n) is 6.12. The summed E-state index contributed by atoms with van der Waals surface area (Å²) in [6.07, 6.45) is 1.00. The molecule has 134 valence electrons. The zero-order chi connectivity index (χ0) is 18.0. The van der Waals surface area contributed by atoms with Crippen molar-refractivity contribution in [3.63, 3.8) is 0 Å². The molecular weight excluding hydrogens is 353 g/mol. The standard InChI is InChI=1S/C17H17F3N2O2S/c18-17(19,20)13-9-15(23)24-14-8-11(6-7-12(13)14)22-16(25)21-10-4-2-1-3-5-10/h6-10H,1-5H2,(H2,21,22,25). The van der Waals surface area contributed by atoms with Crippen LogP contribution < -0.4 is 16.3 Å². The molecule has 1 fully saturated rings. The van der Waals surface area contributed by atoms with Crippen LogP contribution in [0.25, 0.3) is 11.0 Å². The molecular formula is C17H17F3N2O2S. The highest BCUT2D eigenvalue weighted by Crippen LogP contribution is 2.34. The van der Waals surface area contributed by atoms with E-state index < -0.39 is 17.4 Å². The van der Waals surface area contributed by atoms with Crippen molar-refractivity contribution in [3.8, 4) is 0 Å². The lowest BCUT2D eigenvalue weighted by atomic mass is 9.96. The molecule has 25 heavy (non-hydrogen) atoms. The van der Waals surface area contributed by atoms with Crippen molar-refractivity contribution in [3.05, 3.63) is 40.2 Å². The minimum absolute atomic E-state index is 0.134. The van der Waals surface area contributed by atoms with Gasteiger partial charge < -0.3 is 15.1 Å². The van der Waals surface area contributed by atoms with Crippen LogP contribution in [-0.2, 0) is 6.18 Å². The lowest BCUT2D eigenvalue weighted by molar-refractivity contribution is -0.136. The third kappa shape index (κ3) is 4.31. The largest absolute Gasteiger partial charge is 0.423 e. The number of alkyl halides is 3. The first-order chi connectivity index (χ1) is 11.8. The first kappa shape index (κ1) is 17.7. The summed E-state index contributed by atoms with van der Waals surface area (Å²) >= 11 is 5.26. The van der Waals surface area contributed by atoms with Gasteiger partial charge >= 0.3 is 11.8 Å². The SMILES string of the molecule is O=c1cc(C(F)(F)F)c2ccc(NC(=S)NC3CCCCC3)cc2o1. The maximum Gasteiger partial charge on any atom is 0.417 e. The topological polar surface area (TPSA) is 54.3 Å². The molecule has 0 unspecified atom stereocenters. The smallest absolute Gasteiger partial charge is 0.417 e. The molecule has 1 saturated carbocycles. The number of fused-ring (bicyclic) bond motifs is 1. The molecule has 0 saturated heterocycles. The van der Waals surface area contributed by atoms with Gasteiger partial charge in [0.25, 0.3) is 0 Å². The van der Waals surface area contributed by atoms with Crippen LogP contribution in [0.15, 0.2) is 33.5 Å². The molecule has 4 nitrogen and oxygen atoms in total. The average molecular weight is 370 g/mol. The third-order valence-corrected chi connectivity index (χ3v) is 4.47. The van der Waals surface area contributed by atoms with Gasteiger partial charge in [-0.25, -0.2) is 4.79 Å². The minimum atomic E-state index is -4.62. The molecule has 3 rings (SSSR count). The van der Waals surface area contributed by atoms with Gasteiger partial charge in [-0.15, -0.1) is 0 Å². The summed E-state index contributed by atoms with van der Waals surface area (Å²) in [4.78, 5) is 11.4. The summed E-state index contributed by atoms with van der Waals surface area (Å²) in [5.74, 6) is 0. The summed E-state index contributed by atoms with van der Waals surface area (Å²) in [5.41, 5.74) is -1.72. The summed E-state index contributed by atoms with van der Waals surface area (Å²) in [5, 5.41) is 6.39. The van der Waals surface area contributed by atoms with Crippen LogP contribution in [0.2, 0.25) is 0 Å². The van der Waals surface area contributed by atoms with E-state index in [1.54, 1.807) is 0 Å². The number of nitrogens with one attached hydrogen (secondary N) is 2. The second-order valence-corrected chi connectivity index (χ2v) is 6.53. The van der Waals surface area contributed by atoms with Gasteiger partial charge in [0.2, 0.25) is 0 Å². The van der Waals surface area contributed by atoms with Crippen molar-refractivity contribution >= 4 is 34.0 Å². The second kappa shape index (κ2) is 7.03.